The largest absolute Gasteiger partial charge is 1.00 e. The third-order valence-corrected chi connectivity index (χ3v) is 12.1. The Hall–Kier alpha value is 0.420. The number of halogens is 2. The van der Waals surface area contributed by atoms with E-state index in [-0.39, 0.29) is 24.8 Å². The van der Waals surface area contributed by atoms with Gasteiger partial charge in [-0.15, -0.1) is 0 Å². The molecular formula is C42H90Cl2N4. The van der Waals surface area contributed by atoms with E-state index >= 15 is 0 Å². The molecule has 0 aromatic heterocycles. The lowest BCUT2D eigenvalue weighted by Gasteiger charge is -2.50. The third-order valence-electron chi connectivity index (χ3n) is 12.1. The summed E-state index contributed by atoms with van der Waals surface area (Å²) in [7, 11) is 4.67. The summed E-state index contributed by atoms with van der Waals surface area (Å²) in [5, 5.41) is 0. The molecule has 0 aliphatic carbocycles. The Labute approximate surface area is 316 Å². The summed E-state index contributed by atoms with van der Waals surface area (Å²) >= 11 is 0. The van der Waals surface area contributed by atoms with Gasteiger partial charge in [-0.1, -0.05) is 131 Å². The predicted molar refractivity (Wildman–Crippen MR) is 208 cm³/mol. The van der Waals surface area contributed by atoms with E-state index in [1.165, 1.54) is 216 Å². The van der Waals surface area contributed by atoms with Crippen LogP contribution in [0.3, 0.4) is 0 Å². The van der Waals surface area contributed by atoms with Gasteiger partial charge < -0.3 is 33.8 Å². The molecule has 0 N–H and O–H groups in total. The molecule has 2 aliphatic rings. The first-order chi connectivity index (χ1) is 22.4. The summed E-state index contributed by atoms with van der Waals surface area (Å²) in [6.07, 6.45) is 31.2. The van der Waals surface area contributed by atoms with E-state index in [0.29, 0.717) is 0 Å². The van der Waals surface area contributed by atoms with Gasteiger partial charge in [0.15, 0.2) is 0 Å². The van der Waals surface area contributed by atoms with Gasteiger partial charge in [-0.2, -0.15) is 0 Å². The van der Waals surface area contributed by atoms with E-state index in [4.69, 9.17) is 0 Å². The lowest BCUT2D eigenvalue weighted by Crippen LogP contribution is -3.00. The van der Waals surface area contributed by atoms with Crippen molar-refractivity contribution in [1.82, 2.24) is 9.80 Å². The zero-order valence-electron chi connectivity index (χ0n) is 34.3. The highest BCUT2D eigenvalue weighted by Gasteiger charge is 2.40. The van der Waals surface area contributed by atoms with Gasteiger partial charge in [0.25, 0.3) is 0 Å². The van der Waals surface area contributed by atoms with Gasteiger partial charge in [-0.05, 0) is 52.6 Å². The van der Waals surface area contributed by atoms with Crippen LogP contribution in [0, 0.1) is 0 Å². The minimum atomic E-state index is 0. The summed E-state index contributed by atoms with van der Waals surface area (Å²) in [6.45, 7) is 27.9. The monoisotopic (exact) mass is 721 g/mol. The summed E-state index contributed by atoms with van der Waals surface area (Å²) in [4.78, 5) is 5.19. The molecule has 0 aromatic carbocycles. The highest BCUT2D eigenvalue weighted by molar-refractivity contribution is 4.74. The van der Waals surface area contributed by atoms with Crippen LogP contribution < -0.4 is 24.8 Å². The molecule has 0 amide bonds. The van der Waals surface area contributed by atoms with Gasteiger partial charge in [-0.3, -0.25) is 9.80 Å². The van der Waals surface area contributed by atoms with E-state index in [0.717, 1.165) is 12.1 Å². The molecule has 2 atom stereocenters. The second-order valence-electron chi connectivity index (χ2n) is 16.1. The highest BCUT2D eigenvalue weighted by Crippen LogP contribution is 2.28. The van der Waals surface area contributed by atoms with Crippen molar-refractivity contribution in [1.29, 1.82) is 0 Å². The van der Waals surface area contributed by atoms with E-state index < -0.39 is 0 Å². The second kappa shape index (κ2) is 32.1. The molecule has 48 heavy (non-hydrogen) atoms. The molecule has 2 rings (SSSR count). The standard InChI is InChI=1S/2C21H45N2.2ClH/c2*1-5-8-11-12-13-14-15-21-20-22(4)16-19-23(21,17-9-6-2)18-10-7-3;;/h2*21H,5-20H2,1-4H3;2*1H/q2*+1;;/p-2. The molecule has 2 saturated heterocycles. The first-order valence-corrected chi connectivity index (χ1v) is 21.4. The number of quaternary nitrogens is 2. The van der Waals surface area contributed by atoms with Crippen LogP contribution in [0.2, 0.25) is 0 Å². The van der Waals surface area contributed by atoms with Crippen LogP contribution >= 0.6 is 0 Å². The van der Waals surface area contributed by atoms with Gasteiger partial charge in [-0.25, -0.2) is 0 Å². The highest BCUT2D eigenvalue weighted by atomic mass is 35.5. The molecule has 6 heteroatoms. The molecule has 0 spiro atoms. The Morgan fingerprint density at radius 3 is 0.958 bits per heavy atom. The number of hydrogen-bond acceptors (Lipinski definition) is 2. The fourth-order valence-corrected chi connectivity index (χ4v) is 8.70. The summed E-state index contributed by atoms with van der Waals surface area (Å²) in [5.41, 5.74) is 0. The number of piperazine rings is 2. The van der Waals surface area contributed by atoms with Gasteiger partial charge in [0.2, 0.25) is 0 Å². The van der Waals surface area contributed by atoms with Crippen molar-refractivity contribution in [2.45, 2.75) is 195 Å². The first-order valence-electron chi connectivity index (χ1n) is 21.4. The number of nitrogens with zero attached hydrogens (tertiary/aromatic N) is 4. The molecule has 2 heterocycles. The molecule has 2 fully saturated rings. The van der Waals surface area contributed by atoms with Crippen molar-refractivity contribution < 1.29 is 33.8 Å². The quantitative estimate of drug-likeness (QED) is 0.0923. The summed E-state index contributed by atoms with van der Waals surface area (Å²) in [6, 6.07) is 1.80. The van der Waals surface area contributed by atoms with Gasteiger partial charge >= 0.3 is 0 Å². The fraction of sp³-hybridized carbons (Fsp3) is 1.00. The maximum Gasteiger partial charge on any atom is 0.102 e. The molecule has 2 unspecified atom stereocenters. The number of rotatable bonds is 26. The zero-order valence-corrected chi connectivity index (χ0v) is 35.8. The third kappa shape index (κ3) is 20.5. The zero-order chi connectivity index (χ0) is 33.9. The van der Waals surface area contributed by atoms with E-state index in [9.17, 15) is 0 Å². The Bertz CT molecular complexity index is 595. The predicted octanol–water partition coefficient (Wildman–Crippen LogP) is 4.94. The normalized spacial score (nSPS) is 20.8. The van der Waals surface area contributed by atoms with E-state index in [1.54, 1.807) is 0 Å². The van der Waals surface area contributed by atoms with Crippen molar-refractivity contribution >= 4 is 0 Å². The smallest absolute Gasteiger partial charge is 0.102 e. The van der Waals surface area contributed by atoms with Gasteiger partial charge in [0.05, 0.1) is 52.4 Å². The number of hydrogen-bond donors (Lipinski definition) is 0. The average molecular weight is 722 g/mol. The molecule has 0 radical (unpaired) electrons. The van der Waals surface area contributed by atoms with Crippen LogP contribution in [0.15, 0.2) is 0 Å². The van der Waals surface area contributed by atoms with Gasteiger partial charge in [0.1, 0.15) is 12.1 Å². The van der Waals surface area contributed by atoms with Crippen molar-refractivity contribution in [3.05, 3.63) is 0 Å². The number of unbranched alkanes of at least 4 members (excludes halogenated alkanes) is 14. The van der Waals surface area contributed by atoms with Crippen LogP contribution in [-0.2, 0) is 0 Å². The van der Waals surface area contributed by atoms with Crippen LogP contribution in [0.1, 0.15) is 183 Å². The van der Waals surface area contributed by atoms with Gasteiger partial charge in [0, 0.05) is 25.9 Å². The Morgan fingerprint density at radius 1 is 0.396 bits per heavy atom. The van der Waals surface area contributed by atoms with Crippen molar-refractivity contribution in [3.8, 4) is 0 Å². The van der Waals surface area contributed by atoms with Crippen molar-refractivity contribution in [2.24, 2.45) is 0 Å². The van der Waals surface area contributed by atoms with Crippen LogP contribution in [0.4, 0.5) is 0 Å². The van der Waals surface area contributed by atoms with Crippen molar-refractivity contribution in [2.75, 3.05) is 79.5 Å². The molecule has 0 saturated carbocycles. The molecule has 4 nitrogen and oxygen atoms in total. The van der Waals surface area contributed by atoms with Crippen LogP contribution in [0.5, 0.6) is 0 Å². The number of likely N-dealkylation sites (N-methyl/N-ethyl adjacent to an activating group) is 2. The topological polar surface area (TPSA) is 6.48 Å². The SMILES string of the molecule is CCCCCCCCC1CN(C)CC[N+]1(CCCC)CCCC.CCCCCCCCC1CN(C)CC[N+]1(CCCC)CCCC.[Cl-].[Cl-]. The molecule has 2 aliphatic heterocycles. The Morgan fingerprint density at radius 2 is 0.667 bits per heavy atom. The van der Waals surface area contributed by atoms with Crippen LogP contribution in [-0.4, -0.2) is 110 Å². The average Bonchev–Trinajstić information content (AvgIpc) is 3.06. The van der Waals surface area contributed by atoms with E-state index in [2.05, 4.69) is 65.4 Å². The summed E-state index contributed by atoms with van der Waals surface area (Å²) in [5.74, 6) is 0. The fourth-order valence-electron chi connectivity index (χ4n) is 8.70. The Kier molecular flexibility index (Phi) is 33.8. The van der Waals surface area contributed by atoms with Crippen LogP contribution in [0.25, 0.3) is 0 Å². The minimum Gasteiger partial charge on any atom is -1.00 e. The lowest BCUT2D eigenvalue weighted by atomic mass is 9.98. The first kappa shape index (κ1) is 50.5. The second-order valence-corrected chi connectivity index (χ2v) is 16.1. The van der Waals surface area contributed by atoms with Crippen molar-refractivity contribution in [3.63, 3.8) is 0 Å². The maximum atomic E-state index is 2.59. The maximum absolute atomic E-state index is 2.59. The Balaban J connectivity index is 0. The molecule has 0 bridgehead atoms. The summed E-state index contributed by atoms with van der Waals surface area (Å²) < 4.78 is 2.89. The molecular weight excluding hydrogens is 631 g/mol. The molecule has 292 valence electrons. The van der Waals surface area contributed by atoms with E-state index in [1.807, 2.05) is 0 Å². The minimum absolute atomic E-state index is 0. The lowest BCUT2D eigenvalue weighted by molar-refractivity contribution is -0.956. The molecule has 0 aromatic rings.